The number of benzene rings is 1. The zero-order valence-corrected chi connectivity index (χ0v) is 12.7. The fraction of sp³-hybridized carbons (Fsp3) is 0.538. The third-order valence-electron chi connectivity index (χ3n) is 3.23. The van der Waals surface area contributed by atoms with Gasteiger partial charge in [-0.2, -0.15) is 4.31 Å². The lowest BCUT2D eigenvalue weighted by atomic mass is 10.2. The molecule has 1 aromatic carbocycles. The molecule has 1 fully saturated rings. The Kier molecular flexibility index (Phi) is 4.50. The van der Waals surface area contributed by atoms with E-state index in [1.165, 1.54) is 4.31 Å². The van der Waals surface area contributed by atoms with Crippen LogP contribution in [0.2, 0.25) is 0 Å². The number of rotatable bonds is 3. The van der Waals surface area contributed by atoms with E-state index in [9.17, 15) is 8.42 Å². The van der Waals surface area contributed by atoms with Gasteiger partial charge < -0.3 is 4.74 Å². The summed E-state index contributed by atoms with van der Waals surface area (Å²) in [7, 11) is -3.46. The number of ether oxygens (including phenoxy) is 1. The lowest BCUT2D eigenvalue weighted by molar-refractivity contribution is 0.0102. The Hall–Kier alpha value is -0.620. The van der Waals surface area contributed by atoms with E-state index in [1.807, 2.05) is 13.0 Å². The quantitative estimate of drug-likeness (QED) is 0.804. The molecule has 0 bridgehead atoms. The first-order valence-electron chi connectivity index (χ1n) is 6.22. The van der Waals surface area contributed by atoms with Crippen molar-refractivity contribution in [3.05, 3.63) is 29.3 Å². The number of aryl methyl sites for hydroxylation is 1. The molecular weight excluding hydrogens is 286 g/mol. The van der Waals surface area contributed by atoms with Crippen molar-refractivity contribution in [3.8, 4) is 0 Å². The van der Waals surface area contributed by atoms with Crippen molar-refractivity contribution in [2.24, 2.45) is 0 Å². The van der Waals surface area contributed by atoms with Crippen LogP contribution in [0, 0.1) is 6.92 Å². The second-order valence-corrected chi connectivity index (χ2v) is 6.95. The summed E-state index contributed by atoms with van der Waals surface area (Å²) in [6.45, 7) is 4.91. The highest BCUT2D eigenvalue weighted by atomic mass is 35.5. The molecule has 1 aliphatic heterocycles. The van der Waals surface area contributed by atoms with Crippen molar-refractivity contribution in [1.82, 2.24) is 4.31 Å². The Bertz CT molecular complexity index is 559. The van der Waals surface area contributed by atoms with Crippen LogP contribution in [0.1, 0.15) is 18.1 Å². The lowest BCUT2D eigenvalue weighted by Crippen LogP contribution is -2.44. The van der Waals surface area contributed by atoms with Gasteiger partial charge in [-0.1, -0.05) is 12.1 Å². The Morgan fingerprint density at radius 2 is 2.21 bits per heavy atom. The molecule has 0 N–H and O–H groups in total. The molecule has 1 heterocycles. The molecule has 1 unspecified atom stereocenters. The number of sulfonamides is 1. The van der Waals surface area contributed by atoms with Crippen LogP contribution in [0.5, 0.6) is 0 Å². The number of hydrogen-bond acceptors (Lipinski definition) is 3. The molecule has 4 nitrogen and oxygen atoms in total. The summed E-state index contributed by atoms with van der Waals surface area (Å²) in [5.74, 6) is 0.308. The Labute approximate surface area is 119 Å². The number of alkyl halides is 1. The van der Waals surface area contributed by atoms with Crippen LogP contribution < -0.4 is 0 Å². The molecular formula is C13H18ClNO3S. The van der Waals surface area contributed by atoms with Gasteiger partial charge in [-0.05, 0) is 31.0 Å². The van der Waals surface area contributed by atoms with Crippen molar-refractivity contribution in [2.75, 3.05) is 19.7 Å². The van der Waals surface area contributed by atoms with Crippen molar-refractivity contribution >= 4 is 21.6 Å². The Morgan fingerprint density at radius 3 is 2.84 bits per heavy atom. The number of nitrogens with zero attached hydrogens (tertiary/aromatic N) is 1. The van der Waals surface area contributed by atoms with Crippen molar-refractivity contribution in [1.29, 1.82) is 0 Å². The van der Waals surface area contributed by atoms with Crippen LogP contribution >= 0.6 is 11.6 Å². The molecule has 19 heavy (non-hydrogen) atoms. The summed E-state index contributed by atoms with van der Waals surface area (Å²) in [5.41, 5.74) is 1.56. The smallest absolute Gasteiger partial charge is 0.243 e. The maximum atomic E-state index is 12.6. The molecule has 106 valence electrons. The fourth-order valence-corrected chi connectivity index (χ4v) is 4.09. The minimum Gasteiger partial charge on any atom is -0.376 e. The van der Waals surface area contributed by atoms with Crippen LogP contribution in [-0.4, -0.2) is 38.5 Å². The summed E-state index contributed by atoms with van der Waals surface area (Å²) in [6.07, 6.45) is -0.0694. The van der Waals surface area contributed by atoms with Gasteiger partial charge in [0.2, 0.25) is 10.0 Å². The Balaban J connectivity index is 2.38. The highest BCUT2D eigenvalue weighted by Crippen LogP contribution is 2.23. The van der Waals surface area contributed by atoms with E-state index in [1.54, 1.807) is 19.1 Å². The lowest BCUT2D eigenvalue weighted by Gasteiger charge is -2.30. The fourth-order valence-electron chi connectivity index (χ4n) is 2.15. The second kappa shape index (κ2) is 5.79. The summed E-state index contributed by atoms with van der Waals surface area (Å²) < 4.78 is 32.2. The predicted octanol–water partition coefficient (Wildman–Crippen LogP) is 2.14. The van der Waals surface area contributed by atoms with Gasteiger partial charge in [0.15, 0.2) is 0 Å². The zero-order valence-electron chi connectivity index (χ0n) is 11.1. The maximum absolute atomic E-state index is 12.6. The number of morpholine rings is 1. The van der Waals surface area contributed by atoms with E-state index in [4.69, 9.17) is 16.3 Å². The topological polar surface area (TPSA) is 46.6 Å². The highest BCUT2D eigenvalue weighted by molar-refractivity contribution is 7.89. The maximum Gasteiger partial charge on any atom is 0.243 e. The molecule has 1 aliphatic rings. The molecule has 1 atom stereocenters. The van der Waals surface area contributed by atoms with Gasteiger partial charge in [0.1, 0.15) is 0 Å². The summed E-state index contributed by atoms with van der Waals surface area (Å²) >= 11 is 5.78. The molecule has 1 aromatic rings. The van der Waals surface area contributed by atoms with Gasteiger partial charge in [-0.25, -0.2) is 8.42 Å². The molecule has 0 aliphatic carbocycles. The molecule has 1 saturated heterocycles. The minimum atomic E-state index is -3.46. The third kappa shape index (κ3) is 3.11. The van der Waals surface area contributed by atoms with Crippen LogP contribution in [0.25, 0.3) is 0 Å². The van der Waals surface area contributed by atoms with Gasteiger partial charge in [-0.3, -0.25) is 0 Å². The highest BCUT2D eigenvalue weighted by Gasteiger charge is 2.30. The van der Waals surface area contributed by atoms with Crippen LogP contribution in [0.4, 0.5) is 0 Å². The summed E-state index contributed by atoms with van der Waals surface area (Å²) in [4.78, 5) is 0.347. The molecule has 0 saturated carbocycles. The van der Waals surface area contributed by atoms with Crippen LogP contribution in [-0.2, 0) is 20.6 Å². The largest absolute Gasteiger partial charge is 0.376 e. The molecule has 2 rings (SSSR count). The SMILES string of the molecule is Cc1ccc(CCl)cc1S(=O)(=O)N1CCOC(C)C1. The van der Waals surface area contributed by atoms with Crippen LogP contribution in [0.15, 0.2) is 23.1 Å². The molecule has 0 amide bonds. The van der Waals surface area contributed by atoms with Gasteiger partial charge in [0.05, 0.1) is 17.6 Å². The first kappa shape index (κ1) is 14.8. The summed E-state index contributed by atoms with van der Waals surface area (Å²) in [5, 5.41) is 0. The number of halogens is 1. The van der Waals surface area contributed by atoms with E-state index in [2.05, 4.69) is 0 Å². The van der Waals surface area contributed by atoms with E-state index in [0.717, 1.165) is 11.1 Å². The molecule has 6 heteroatoms. The average Bonchev–Trinajstić information content (AvgIpc) is 2.39. The zero-order chi connectivity index (χ0) is 14.0. The van der Waals surface area contributed by atoms with Gasteiger partial charge >= 0.3 is 0 Å². The third-order valence-corrected chi connectivity index (χ3v) is 5.54. The average molecular weight is 304 g/mol. The Morgan fingerprint density at radius 1 is 1.47 bits per heavy atom. The molecule has 0 radical (unpaired) electrons. The first-order valence-corrected chi connectivity index (χ1v) is 8.20. The summed E-state index contributed by atoms with van der Waals surface area (Å²) in [6, 6.07) is 5.32. The van der Waals surface area contributed by atoms with Gasteiger partial charge in [0, 0.05) is 19.0 Å². The normalized spacial score (nSPS) is 21.5. The van der Waals surface area contributed by atoms with Crippen LogP contribution in [0.3, 0.4) is 0 Å². The van der Waals surface area contributed by atoms with E-state index in [0.29, 0.717) is 30.5 Å². The number of hydrogen-bond donors (Lipinski definition) is 0. The van der Waals surface area contributed by atoms with Gasteiger partial charge in [0.25, 0.3) is 0 Å². The molecule has 0 aromatic heterocycles. The standard InChI is InChI=1S/C13H18ClNO3S/c1-10-3-4-12(8-14)7-13(10)19(16,17)15-5-6-18-11(2)9-15/h3-4,7,11H,5-6,8-9H2,1-2H3. The first-order chi connectivity index (χ1) is 8.95. The molecule has 0 spiro atoms. The second-order valence-electron chi connectivity index (χ2n) is 4.78. The minimum absolute atomic E-state index is 0.0694. The van der Waals surface area contributed by atoms with E-state index < -0.39 is 10.0 Å². The van der Waals surface area contributed by atoms with Crippen molar-refractivity contribution in [2.45, 2.75) is 30.7 Å². The van der Waals surface area contributed by atoms with Crippen molar-refractivity contribution < 1.29 is 13.2 Å². The monoisotopic (exact) mass is 303 g/mol. The van der Waals surface area contributed by atoms with Gasteiger partial charge in [-0.15, -0.1) is 11.6 Å². The van der Waals surface area contributed by atoms with E-state index >= 15 is 0 Å². The van der Waals surface area contributed by atoms with Crippen molar-refractivity contribution in [3.63, 3.8) is 0 Å². The predicted molar refractivity (Wildman–Crippen MR) is 74.9 cm³/mol. The van der Waals surface area contributed by atoms with E-state index in [-0.39, 0.29) is 6.10 Å².